The molecule has 0 bridgehead atoms. The molecule has 1 atom stereocenters. The maximum absolute atomic E-state index is 12.5. The van der Waals surface area contributed by atoms with Gasteiger partial charge in [0.15, 0.2) is 0 Å². The molecular weight excluding hydrogens is 286 g/mol. The maximum atomic E-state index is 12.5. The molecule has 6 heteroatoms. The number of sulfonamides is 1. The Morgan fingerprint density at radius 3 is 2.67 bits per heavy atom. The van der Waals surface area contributed by atoms with Crippen LogP contribution in [0.5, 0.6) is 0 Å². The third-order valence-corrected chi connectivity index (χ3v) is 5.22. The molecule has 0 aliphatic heterocycles. The van der Waals surface area contributed by atoms with Crippen LogP contribution in [0.2, 0.25) is 0 Å². The Hall–Kier alpha value is -1.42. The largest absolute Gasteiger partial charge is 0.310 e. The molecule has 0 spiro atoms. The molecule has 1 aromatic rings. The van der Waals surface area contributed by atoms with Crippen molar-refractivity contribution in [3.05, 3.63) is 29.8 Å². The summed E-state index contributed by atoms with van der Waals surface area (Å²) in [4.78, 5) is 0.275. The van der Waals surface area contributed by atoms with E-state index in [1.54, 1.807) is 18.2 Å². The van der Waals surface area contributed by atoms with Crippen molar-refractivity contribution in [1.82, 2.24) is 9.62 Å². The van der Waals surface area contributed by atoms with Gasteiger partial charge in [0.25, 0.3) is 0 Å². The first-order valence-electron chi connectivity index (χ1n) is 7.14. The molecule has 0 heterocycles. The van der Waals surface area contributed by atoms with Crippen molar-refractivity contribution in [2.75, 3.05) is 20.1 Å². The highest BCUT2D eigenvalue weighted by Crippen LogP contribution is 2.22. The molecule has 116 valence electrons. The van der Waals surface area contributed by atoms with E-state index < -0.39 is 10.0 Å². The van der Waals surface area contributed by atoms with Gasteiger partial charge < -0.3 is 5.32 Å². The van der Waals surface area contributed by atoms with Crippen molar-refractivity contribution in [3.8, 4) is 6.07 Å². The lowest BCUT2D eigenvalue weighted by Gasteiger charge is -2.19. The number of benzene rings is 1. The fraction of sp³-hybridized carbons (Fsp3) is 0.533. The third kappa shape index (κ3) is 4.53. The van der Waals surface area contributed by atoms with E-state index in [1.807, 2.05) is 19.1 Å². The van der Waals surface area contributed by atoms with Gasteiger partial charge >= 0.3 is 0 Å². The Kier molecular flexibility index (Phi) is 6.82. The van der Waals surface area contributed by atoms with Gasteiger partial charge in [0.05, 0.1) is 11.0 Å². The summed E-state index contributed by atoms with van der Waals surface area (Å²) in [6.45, 7) is 5.12. The molecule has 0 aromatic heterocycles. The van der Waals surface area contributed by atoms with Crippen LogP contribution in [0, 0.1) is 11.3 Å². The van der Waals surface area contributed by atoms with Crippen LogP contribution in [-0.2, 0) is 10.0 Å². The minimum Gasteiger partial charge on any atom is -0.310 e. The lowest BCUT2D eigenvalue weighted by atomic mass is 10.0. The number of rotatable bonds is 8. The lowest BCUT2D eigenvalue weighted by Crippen LogP contribution is -2.28. The normalized spacial score (nSPS) is 13.1. The summed E-state index contributed by atoms with van der Waals surface area (Å²) in [6.07, 6.45) is 1.08. The first kappa shape index (κ1) is 17.6. The topological polar surface area (TPSA) is 73.2 Å². The van der Waals surface area contributed by atoms with Crippen LogP contribution in [0.3, 0.4) is 0 Å². The highest BCUT2D eigenvalue weighted by atomic mass is 32.2. The quantitative estimate of drug-likeness (QED) is 0.799. The molecule has 0 saturated heterocycles. The van der Waals surface area contributed by atoms with Gasteiger partial charge in [-0.25, -0.2) is 8.42 Å². The summed E-state index contributed by atoms with van der Waals surface area (Å²) in [6, 6.07) is 9.12. The molecule has 21 heavy (non-hydrogen) atoms. The second-order valence-corrected chi connectivity index (χ2v) is 6.87. The number of nitriles is 1. The molecule has 1 rings (SSSR count). The van der Waals surface area contributed by atoms with Gasteiger partial charge in [-0.3, -0.25) is 0 Å². The van der Waals surface area contributed by atoms with Gasteiger partial charge in [-0.2, -0.15) is 9.57 Å². The Balaban J connectivity index is 3.06. The van der Waals surface area contributed by atoms with E-state index in [0.717, 1.165) is 18.5 Å². The molecular formula is C15H23N3O2S. The van der Waals surface area contributed by atoms with E-state index in [2.05, 4.69) is 12.2 Å². The molecule has 0 fully saturated rings. The van der Waals surface area contributed by atoms with Crippen molar-refractivity contribution < 1.29 is 8.42 Å². The Bertz CT molecular complexity index is 593. The van der Waals surface area contributed by atoms with E-state index in [9.17, 15) is 8.42 Å². The van der Waals surface area contributed by atoms with Crippen LogP contribution in [0.15, 0.2) is 29.2 Å². The summed E-state index contributed by atoms with van der Waals surface area (Å²) in [5.74, 6) is 0. The van der Waals surface area contributed by atoms with Crippen LogP contribution in [0.1, 0.15) is 38.3 Å². The zero-order valence-electron chi connectivity index (χ0n) is 12.8. The summed E-state index contributed by atoms with van der Waals surface area (Å²) in [7, 11) is -2.04. The van der Waals surface area contributed by atoms with E-state index in [1.165, 1.54) is 11.4 Å². The van der Waals surface area contributed by atoms with Crippen molar-refractivity contribution in [1.29, 1.82) is 5.26 Å². The number of hydrogen-bond acceptors (Lipinski definition) is 4. The summed E-state index contributed by atoms with van der Waals surface area (Å²) < 4.78 is 26.1. The van der Waals surface area contributed by atoms with E-state index in [4.69, 9.17) is 5.26 Å². The van der Waals surface area contributed by atoms with Crippen LogP contribution in [0.4, 0.5) is 0 Å². The first-order valence-corrected chi connectivity index (χ1v) is 8.58. The standard InChI is InChI=1S/C15H23N3O2S/c1-4-15(17-5-2)13-8-6-9-14(12-13)21(19,20)18(3)11-7-10-16/h6,8-9,12,15,17H,4-5,7,11H2,1-3H3. The highest BCUT2D eigenvalue weighted by molar-refractivity contribution is 7.89. The molecule has 1 unspecified atom stereocenters. The summed E-state index contributed by atoms with van der Waals surface area (Å²) in [5, 5.41) is 11.9. The molecule has 0 aliphatic carbocycles. The summed E-state index contributed by atoms with van der Waals surface area (Å²) in [5.41, 5.74) is 0.967. The van der Waals surface area contributed by atoms with Crippen LogP contribution in [-0.4, -0.2) is 32.9 Å². The van der Waals surface area contributed by atoms with Gasteiger partial charge in [0.1, 0.15) is 0 Å². The number of nitrogens with zero attached hydrogens (tertiary/aromatic N) is 2. The molecule has 0 aliphatic rings. The van der Waals surface area contributed by atoms with E-state index in [0.29, 0.717) is 0 Å². The zero-order chi connectivity index (χ0) is 15.9. The van der Waals surface area contributed by atoms with Crippen LogP contribution in [0.25, 0.3) is 0 Å². The SMILES string of the molecule is CCNC(CC)c1cccc(S(=O)(=O)N(C)CCC#N)c1. The fourth-order valence-electron chi connectivity index (χ4n) is 2.14. The molecule has 5 nitrogen and oxygen atoms in total. The fourth-order valence-corrected chi connectivity index (χ4v) is 3.37. The van der Waals surface area contributed by atoms with Gasteiger partial charge in [0, 0.05) is 26.1 Å². The van der Waals surface area contributed by atoms with E-state index >= 15 is 0 Å². The molecule has 1 aromatic carbocycles. The van der Waals surface area contributed by atoms with Crippen LogP contribution < -0.4 is 5.32 Å². The van der Waals surface area contributed by atoms with Crippen molar-refractivity contribution in [3.63, 3.8) is 0 Å². The third-order valence-electron chi connectivity index (χ3n) is 3.37. The van der Waals surface area contributed by atoms with Crippen molar-refractivity contribution in [2.45, 2.75) is 37.6 Å². The predicted octanol–water partition coefficient (Wildman–Crippen LogP) is 2.28. The smallest absolute Gasteiger partial charge is 0.242 e. The Labute approximate surface area is 127 Å². The van der Waals surface area contributed by atoms with E-state index in [-0.39, 0.29) is 23.9 Å². The van der Waals surface area contributed by atoms with Gasteiger partial charge in [-0.15, -0.1) is 0 Å². The van der Waals surface area contributed by atoms with Gasteiger partial charge in [-0.05, 0) is 30.7 Å². The van der Waals surface area contributed by atoms with Crippen molar-refractivity contribution >= 4 is 10.0 Å². The highest BCUT2D eigenvalue weighted by Gasteiger charge is 2.21. The first-order chi connectivity index (χ1) is 9.97. The molecule has 0 amide bonds. The Morgan fingerprint density at radius 1 is 1.38 bits per heavy atom. The average Bonchev–Trinajstić information content (AvgIpc) is 2.50. The van der Waals surface area contributed by atoms with Gasteiger partial charge in [-0.1, -0.05) is 26.0 Å². The van der Waals surface area contributed by atoms with Crippen LogP contribution >= 0.6 is 0 Å². The monoisotopic (exact) mass is 309 g/mol. The number of hydrogen-bond donors (Lipinski definition) is 1. The Morgan fingerprint density at radius 2 is 2.10 bits per heavy atom. The molecule has 0 saturated carbocycles. The second-order valence-electron chi connectivity index (χ2n) is 4.83. The lowest BCUT2D eigenvalue weighted by molar-refractivity contribution is 0.476. The molecule has 0 radical (unpaired) electrons. The van der Waals surface area contributed by atoms with Crippen molar-refractivity contribution in [2.24, 2.45) is 0 Å². The second kappa shape index (κ2) is 8.13. The minimum absolute atomic E-state index is 0.148. The molecule has 1 N–H and O–H groups in total. The minimum atomic E-state index is -3.54. The number of nitrogens with one attached hydrogen (secondary N) is 1. The average molecular weight is 309 g/mol. The zero-order valence-corrected chi connectivity index (χ0v) is 13.7. The summed E-state index contributed by atoms with van der Waals surface area (Å²) >= 11 is 0. The maximum Gasteiger partial charge on any atom is 0.242 e. The predicted molar refractivity (Wildman–Crippen MR) is 83.2 cm³/mol. The van der Waals surface area contributed by atoms with Gasteiger partial charge in [0.2, 0.25) is 10.0 Å².